The van der Waals surface area contributed by atoms with E-state index in [1.807, 2.05) is 24.3 Å². The smallest absolute Gasteiger partial charge is 0.280 e. The molecule has 1 aromatic heterocycles. The average molecular weight is 486 g/mol. The van der Waals surface area contributed by atoms with Gasteiger partial charge >= 0.3 is 5.69 Å². The van der Waals surface area contributed by atoms with Crippen LogP contribution in [0.25, 0.3) is 0 Å². The maximum absolute atomic E-state index is 12.6. The van der Waals surface area contributed by atoms with Crippen molar-refractivity contribution in [1.29, 1.82) is 0 Å². The Labute approximate surface area is 183 Å². The molecule has 0 amide bonds. The topological polar surface area (TPSA) is 136 Å². The molecular weight excluding hydrogens is 470 g/mol. The van der Waals surface area contributed by atoms with Gasteiger partial charge in [0.25, 0.3) is 11.2 Å². The van der Waals surface area contributed by atoms with Crippen LogP contribution in [0.2, 0.25) is 0 Å². The number of nitrogens with one attached hydrogen (secondary N) is 1. The Morgan fingerprint density at radius 2 is 1.65 bits per heavy atom. The van der Waals surface area contributed by atoms with Crippen molar-refractivity contribution in [3.63, 3.8) is 0 Å². The van der Waals surface area contributed by atoms with Crippen molar-refractivity contribution in [3.8, 4) is 0 Å². The average Bonchev–Trinajstić information content (AvgIpc) is 2.77. The first kappa shape index (κ1) is 21.8. The number of benzene rings is 2. The summed E-state index contributed by atoms with van der Waals surface area (Å²) in [6.45, 7) is 0. The van der Waals surface area contributed by atoms with E-state index >= 15 is 0 Å². The molecule has 2 aromatic carbocycles. The number of nitrogens with zero attached hydrogens (tertiary/aromatic N) is 6. The van der Waals surface area contributed by atoms with Gasteiger partial charge in [0.1, 0.15) is 0 Å². The second-order valence-electron chi connectivity index (χ2n) is 6.30. The van der Waals surface area contributed by atoms with Crippen molar-refractivity contribution in [2.45, 2.75) is 0 Å². The minimum absolute atomic E-state index is 0.0483. The predicted molar refractivity (Wildman–Crippen MR) is 120 cm³/mol. The molecule has 3 rings (SSSR count). The fourth-order valence-electron chi connectivity index (χ4n) is 2.51. The highest BCUT2D eigenvalue weighted by molar-refractivity contribution is 9.10. The summed E-state index contributed by atoms with van der Waals surface area (Å²) in [5.41, 5.74) is 2.29. The number of rotatable bonds is 6. The van der Waals surface area contributed by atoms with Crippen LogP contribution in [0.1, 0.15) is 5.56 Å². The van der Waals surface area contributed by atoms with Crippen LogP contribution >= 0.6 is 15.9 Å². The molecule has 0 aliphatic rings. The quantitative estimate of drug-likeness (QED) is 0.246. The van der Waals surface area contributed by atoms with Crippen LogP contribution in [0, 0.1) is 10.1 Å². The molecule has 0 saturated heterocycles. The molecule has 11 nitrogen and oxygen atoms in total. The van der Waals surface area contributed by atoms with Crippen LogP contribution in [-0.4, -0.2) is 20.3 Å². The zero-order valence-electron chi connectivity index (χ0n) is 16.4. The zero-order valence-corrected chi connectivity index (χ0v) is 18.0. The summed E-state index contributed by atoms with van der Waals surface area (Å²) < 4.78 is 3.00. The molecule has 12 heteroatoms. The highest BCUT2D eigenvalue weighted by atomic mass is 79.9. The molecule has 3 aromatic rings. The van der Waals surface area contributed by atoms with Gasteiger partial charge in [-0.05, 0) is 29.8 Å². The second-order valence-corrected chi connectivity index (χ2v) is 7.21. The number of nitro groups is 1. The molecule has 0 atom stereocenters. The fraction of sp³-hybridized carbons (Fsp3) is 0.105. The fourth-order valence-corrected chi connectivity index (χ4v) is 2.77. The van der Waals surface area contributed by atoms with Crippen molar-refractivity contribution in [2.24, 2.45) is 29.4 Å². The van der Waals surface area contributed by atoms with Crippen LogP contribution in [0.15, 0.2) is 77.9 Å². The van der Waals surface area contributed by atoms with Crippen LogP contribution in [0.3, 0.4) is 0 Å². The number of hydrazone groups is 1. The number of hydrogen-bond acceptors (Lipinski definition) is 8. The number of azo groups is 1. The minimum Gasteiger partial charge on any atom is -0.280 e. The molecular formula is C19H16BrN7O4. The van der Waals surface area contributed by atoms with Gasteiger partial charge in [-0.2, -0.15) is 10.2 Å². The summed E-state index contributed by atoms with van der Waals surface area (Å²) in [7, 11) is 2.79. The molecule has 0 spiro atoms. The minimum atomic E-state index is -0.671. The third-order valence-electron chi connectivity index (χ3n) is 4.22. The number of non-ortho nitro benzene ring substituents is 1. The van der Waals surface area contributed by atoms with Crippen LogP contribution in [-0.2, 0) is 14.1 Å². The Hall–Kier alpha value is -3.93. The van der Waals surface area contributed by atoms with Crippen LogP contribution in [0.5, 0.6) is 0 Å². The lowest BCUT2D eigenvalue weighted by Crippen LogP contribution is -2.37. The predicted octanol–water partition coefficient (Wildman–Crippen LogP) is 3.62. The summed E-state index contributed by atoms with van der Waals surface area (Å²) in [5.74, 6) is 0.0483. The van der Waals surface area contributed by atoms with Gasteiger partial charge < -0.3 is 0 Å². The van der Waals surface area contributed by atoms with Crippen molar-refractivity contribution in [1.82, 2.24) is 9.13 Å². The first-order valence-corrected chi connectivity index (χ1v) is 9.58. The van der Waals surface area contributed by atoms with Gasteiger partial charge in [0.05, 0.1) is 16.8 Å². The van der Waals surface area contributed by atoms with Gasteiger partial charge in [-0.25, -0.2) is 4.79 Å². The molecule has 0 fully saturated rings. The number of anilines is 1. The zero-order chi connectivity index (χ0) is 22.5. The van der Waals surface area contributed by atoms with Crippen molar-refractivity contribution in [2.75, 3.05) is 5.43 Å². The van der Waals surface area contributed by atoms with E-state index in [1.54, 1.807) is 0 Å². The first-order valence-electron chi connectivity index (χ1n) is 8.79. The largest absolute Gasteiger partial charge is 0.332 e. The van der Waals surface area contributed by atoms with E-state index < -0.39 is 16.2 Å². The summed E-state index contributed by atoms with van der Waals surface area (Å²) in [6.07, 6.45) is 1.52. The monoisotopic (exact) mass is 485 g/mol. The van der Waals surface area contributed by atoms with E-state index in [4.69, 9.17) is 0 Å². The lowest BCUT2D eigenvalue weighted by Gasteiger charge is -2.11. The summed E-state index contributed by atoms with van der Waals surface area (Å²) in [4.78, 5) is 35.1. The Balaban J connectivity index is 1.96. The van der Waals surface area contributed by atoms with Crippen LogP contribution < -0.4 is 16.7 Å². The molecule has 31 heavy (non-hydrogen) atoms. The van der Waals surface area contributed by atoms with Gasteiger partial charge in [-0.1, -0.05) is 28.1 Å². The van der Waals surface area contributed by atoms with E-state index in [-0.39, 0.29) is 17.2 Å². The third-order valence-corrected chi connectivity index (χ3v) is 4.75. The Bertz CT molecular complexity index is 1290. The number of aromatic nitrogens is 2. The Morgan fingerprint density at radius 1 is 1.00 bits per heavy atom. The van der Waals surface area contributed by atoms with Gasteiger partial charge in [0.2, 0.25) is 0 Å². The Morgan fingerprint density at radius 3 is 2.26 bits per heavy atom. The number of hydrogen-bond donors (Lipinski definition) is 1. The summed E-state index contributed by atoms with van der Waals surface area (Å²) >= 11 is 3.35. The van der Waals surface area contributed by atoms with E-state index in [0.29, 0.717) is 5.69 Å². The maximum atomic E-state index is 12.6. The van der Waals surface area contributed by atoms with Gasteiger partial charge in [-0.15, -0.1) is 5.11 Å². The summed E-state index contributed by atoms with van der Waals surface area (Å²) in [5, 5.41) is 22.8. The SMILES string of the molecule is Cn1c(N/N=C\c2ccc(Br)cc2)c(N=Nc2ccc([N+](=O)[O-])cc2)c(=O)n(C)c1=O. The molecule has 0 aliphatic heterocycles. The highest BCUT2D eigenvalue weighted by Gasteiger charge is 2.15. The second kappa shape index (κ2) is 9.26. The molecule has 0 unspecified atom stereocenters. The molecule has 0 aliphatic carbocycles. The van der Waals surface area contributed by atoms with E-state index in [2.05, 4.69) is 36.7 Å². The van der Waals surface area contributed by atoms with Crippen molar-refractivity contribution in [3.05, 3.63) is 89.5 Å². The van der Waals surface area contributed by atoms with E-state index in [0.717, 1.165) is 14.6 Å². The summed E-state index contributed by atoms with van der Waals surface area (Å²) in [6, 6.07) is 12.7. The molecule has 0 bridgehead atoms. The molecule has 158 valence electrons. The molecule has 0 saturated carbocycles. The lowest BCUT2D eigenvalue weighted by atomic mass is 10.2. The van der Waals surface area contributed by atoms with Gasteiger partial charge in [0.15, 0.2) is 11.5 Å². The van der Waals surface area contributed by atoms with E-state index in [1.165, 1.54) is 49.1 Å². The highest BCUT2D eigenvalue weighted by Crippen LogP contribution is 2.23. The van der Waals surface area contributed by atoms with E-state index in [9.17, 15) is 19.7 Å². The van der Waals surface area contributed by atoms with Crippen LogP contribution in [0.4, 0.5) is 22.9 Å². The van der Waals surface area contributed by atoms with Gasteiger partial charge in [0, 0.05) is 30.7 Å². The number of nitro benzene ring substituents is 1. The third kappa shape index (κ3) is 4.98. The van der Waals surface area contributed by atoms with Gasteiger partial charge in [-0.3, -0.25) is 29.5 Å². The molecule has 1 heterocycles. The van der Waals surface area contributed by atoms with Crippen molar-refractivity contribution < 1.29 is 4.92 Å². The molecule has 0 radical (unpaired) electrons. The standard InChI is InChI=1S/C19H16BrN7O4/c1-25-17(24-21-11-12-3-5-13(20)6-4-12)16(18(28)26(2)19(25)29)23-22-14-7-9-15(10-8-14)27(30)31/h3-11,24H,1-2H3/b21-11-,23-22?. The number of halogens is 1. The van der Waals surface area contributed by atoms with Crippen molar-refractivity contribution >= 4 is 45.0 Å². The molecule has 1 N–H and O–H groups in total. The first-order chi connectivity index (χ1) is 14.8. The maximum Gasteiger partial charge on any atom is 0.332 e. The normalized spacial score (nSPS) is 11.3. The Kier molecular flexibility index (Phi) is 6.50. The lowest BCUT2D eigenvalue weighted by molar-refractivity contribution is -0.384.